The minimum absolute atomic E-state index is 0.123. The fraction of sp³-hybridized carbons (Fsp3) is 0.133. The third-order valence-electron chi connectivity index (χ3n) is 3.18. The van der Waals surface area contributed by atoms with Gasteiger partial charge in [0.25, 0.3) is 5.91 Å². The zero-order valence-corrected chi connectivity index (χ0v) is 11.9. The van der Waals surface area contributed by atoms with E-state index in [2.05, 4.69) is 20.7 Å². The van der Waals surface area contributed by atoms with E-state index in [1.807, 2.05) is 24.3 Å². The first-order chi connectivity index (χ1) is 10.2. The Kier molecular flexibility index (Phi) is 3.83. The Morgan fingerprint density at radius 2 is 2.14 bits per heavy atom. The molecule has 5 nitrogen and oxygen atoms in total. The summed E-state index contributed by atoms with van der Waals surface area (Å²) in [5, 5.41) is 13.9. The molecule has 1 aromatic heterocycles. The lowest BCUT2D eigenvalue weighted by Crippen LogP contribution is -2.25. The van der Waals surface area contributed by atoms with Gasteiger partial charge in [-0.3, -0.25) is 9.89 Å². The van der Waals surface area contributed by atoms with Crippen LogP contribution in [0.1, 0.15) is 15.9 Å². The van der Waals surface area contributed by atoms with E-state index in [4.69, 9.17) is 11.6 Å². The summed E-state index contributed by atoms with van der Waals surface area (Å²) in [5.74, 6) is -0.123. The number of rotatable bonds is 4. The standard InChI is InChI=1S/C15H13ClN4O/c16-12-3-1-2-10(8-12)6-7-17-15(21)11-4-5-13-14(9-11)19-20-18-13/h1-5,8-9H,6-7H2,(H,17,21)(H,18,19,20). The van der Waals surface area contributed by atoms with Crippen LogP contribution in [-0.4, -0.2) is 27.9 Å². The summed E-state index contributed by atoms with van der Waals surface area (Å²) in [7, 11) is 0. The molecule has 0 aliphatic rings. The van der Waals surface area contributed by atoms with Crippen molar-refractivity contribution in [3.05, 3.63) is 58.6 Å². The van der Waals surface area contributed by atoms with Gasteiger partial charge in [0.2, 0.25) is 0 Å². The van der Waals surface area contributed by atoms with Gasteiger partial charge in [-0.1, -0.05) is 28.9 Å². The lowest BCUT2D eigenvalue weighted by Gasteiger charge is -2.05. The highest BCUT2D eigenvalue weighted by atomic mass is 35.5. The van der Waals surface area contributed by atoms with Gasteiger partial charge in [0, 0.05) is 17.1 Å². The number of H-pyrrole nitrogens is 1. The molecule has 1 amide bonds. The summed E-state index contributed by atoms with van der Waals surface area (Å²) in [4.78, 5) is 12.1. The number of hydrogen-bond acceptors (Lipinski definition) is 3. The highest BCUT2D eigenvalue weighted by Crippen LogP contribution is 2.12. The Balaban J connectivity index is 1.61. The molecule has 0 aliphatic heterocycles. The van der Waals surface area contributed by atoms with Crippen LogP contribution in [0.25, 0.3) is 11.0 Å². The number of fused-ring (bicyclic) bond motifs is 1. The first-order valence-electron chi connectivity index (χ1n) is 6.56. The summed E-state index contributed by atoms with van der Waals surface area (Å²) in [6.07, 6.45) is 0.735. The third kappa shape index (κ3) is 3.20. The number of aromatic amines is 1. The van der Waals surface area contributed by atoms with Crippen LogP contribution in [0.5, 0.6) is 0 Å². The molecule has 2 aromatic carbocycles. The number of halogens is 1. The number of benzene rings is 2. The van der Waals surface area contributed by atoms with Crippen molar-refractivity contribution in [3.63, 3.8) is 0 Å². The third-order valence-corrected chi connectivity index (χ3v) is 3.41. The molecule has 2 N–H and O–H groups in total. The van der Waals surface area contributed by atoms with E-state index in [0.29, 0.717) is 22.6 Å². The van der Waals surface area contributed by atoms with Gasteiger partial charge in [0.05, 0.1) is 5.52 Å². The molecule has 0 unspecified atom stereocenters. The summed E-state index contributed by atoms with van der Waals surface area (Å²) in [6, 6.07) is 12.9. The van der Waals surface area contributed by atoms with Gasteiger partial charge in [-0.05, 0) is 42.3 Å². The molecule has 0 bridgehead atoms. The monoisotopic (exact) mass is 300 g/mol. The van der Waals surface area contributed by atoms with E-state index < -0.39 is 0 Å². The Hall–Kier alpha value is -2.40. The predicted octanol–water partition coefficient (Wildman–Crippen LogP) is 2.58. The van der Waals surface area contributed by atoms with Gasteiger partial charge in [0.15, 0.2) is 0 Å². The van der Waals surface area contributed by atoms with Crippen molar-refractivity contribution >= 4 is 28.5 Å². The fourth-order valence-corrected chi connectivity index (χ4v) is 2.31. The van der Waals surface area contributed by atoms with Crippen molar-refractivity contribution in [1.29, 1.82) is 0 Å². The lowest BCUT2D eigenvalue weighted by molar-refractivity contribution is 0.0954. The van der Waals surface area contributed by atoms with E-state index >= 15 is 0 Å². The number of hydrogen-bond donors (Lipinski definition) is 2. The summed E-state index contributed by atoms with van der Waals surface area (Å²) in [6.45, 7) is 0.552. The molecule has 3 rings (SSSR count). The van der Waals surface area contributed by atoms with Crippen LogP contribution in [0.15, 0.2) is 42.5 Å². The maximum absolute atomic E-state index is 12.1. The molecule has 0 saturated carbocycles. The molecule has 0 radical (unpaired) electrons. The molecule has 6 heteroatoms. The number of nitrogens with one attached hydrogen (secondary N) is 2. The van der Waals surface area contributed by atoms with Gasteiger partial charge in [-0.25, -0.2) is 0 Å². The van der Waals surface area contributed by atoms with E-state index in [9.17, 15) is 4.79 Å². The maximum atomic E-state index is 12.1. The highest BCUT2D eigenvalue weighted by molar-refractivity contribution is 6.30. The quantitative estimate of drug-likeness (QED) is 0.778. The average Bonchev–Trinajstić information content (AvgIpc) is 2.94. The van der Waals surface area contributed by atoms with Gasteiger partial charge in [-0.15, -0.1) is 5.10 Å². The maximum Gasteiger partial charge on any atom is 0.251 e. The van der Waals surface area contributed by atoms with Gasteiger partial charge < -0.3 is 5.32 Å². The van der Waals surface area contributed by atoms with Crippen molar-refractivity contribution in [2.45, 2.75) is 6.42 Å². The minimum Gasteiger partial charge on any atom is -0.352 e. The predicted molar refractivity (Wildman–Crippen MR) is 81.4 cm³/mol. The summed E-state index contributed by atoms with van der Waals surface area (Å²) >= 11 is 5.92. The zero-order chi connectivity index (χ0) is 14.7. The van der Waals surface area contributed by atoms with Gasteiger partial charge in [-0.2, -0.15) is 0 Å². The van der Waals surface area contributed by atoms with Crippen LogP contribution in [0.3, 0.4) is 0 Å². The molecule has 1 heterocycles. The van der Waals surface area contributed by atoms with Crippen LogP contribution in [0, 0.1) is 0 Å². The van der Waals surface area contributed by atoms with Crippen LogP contribution in [0.2, 0.25) is 5.02 Å². The normalized spacial score (nSPS) is 10.7. The molecular weight excluding hydrogens is 288 g/mol. The first kappa shape index (κ1) is 13.6. The number of aromatic nitrogens is 3. The van der Waals surface area contributed by atoms with Gasteiger partial charge in [0.1, 0.15) is 5.52 Å². The first-order valence-corrected chi connectivity index (χ1v) is 6.93. The molecular formula is C15H13ClN4O. The van der Waals surface area contributed by atoms with E-state index in [1.165, 1.54) is 0 Å². The SMILES string of the molecule is O=C(NCCc1cccc(Cl)c1)c1ccc2[nH]nnc2c1. The Morgan fingerprint density at radius 1 is 1.24 bits per heavy atom. The lowest BCUT2D eigenvalue weighted by atomic mass is 10.1. The van der Waals surface area contributed by atoms with Crippen molar-refractivity contribution in [2.24, 2.45) is 0 Å². The minimum atomic E-state index is -0.123. The van der Waals surface area contributed by atoms with E-state index in [-0.39, 0.29) is 5.91 Å². The molecule has 3 aromatic rings. The Morgan fingerprint density at radius 3 is 3.00 bits per heavy atom. The summed E-state index contributed by atoms with van der Waals surface area (Å²) < 4.78 is 0. The number of carbonyl (C=O) groups is 1. The molecule has 0 spiro atoms. The van der Waals surface area contributed by atoms with Crippen LogP contribution >= 0.6 is 11.6 Å². The summed E-state index contributed by atoms with van der Waals surface area (Å²) in [5.41, 5.74) is 3.15. The average molecular weight is 301 g/mol. The van der Waals surface area contributed by atoms with Crippen LogP contribution in [-0.2, 0) is 6.42 Å². The van der Waals surface area contributed by atoms with Crippen molar-refractivity contribution in [2.75, 3.05) is 6.54 Å². The highest BCUT2D eigenvalue weighted by Gasteiger charge is 2.07. The second-order valence-corrected chi connectivity index (χ2v) is 5.12. The van der Waals surface area contributed by atoms with Crippen LogP contribution in [0.4, 0.5) is 0 Å². The number of carbonyl (C=O) groups excluding carboxylic acids is 1. The van der Waals surface area contributed by atoms with Crippen molar-refractivity contribution in [1.82, 2.24) is 20.7 Å². The topological polar surface area (TPSA) is 70.7 Å². The Bertz CT molecular complexity index is 784. The molecule has 0 saturated heterocycles. The second kappa shape index (κ2) is 5.93. The molecule has 0 atom stereocenters. The molecule has 0 aliphatic carbocycles. The van der Waals surface area contributed by atoms with Crippen molar-refractivity contribution in [3.8, 4) is 0 Å². The zero-order valence-electron chi connectivity index (χ0n) is 11.1. The van der Waals surface area contributed by atoms with Crippen LogP contribution < -0.4 is 5.32 Å². The molecule has 0 fully saturated rings. The largest absolute Gasteiger partial charge is 0.352 e. The van der Waals surface area contributed by atoms with Crippen molar-refractivity contribution < 1.29 is 4.79 Å². The van der Waals surface area contributed by atoms with Gasteiger partial charge >= 0.3 is 0 Å². The number of amides is 1. The number of nitrogens with zero attached hydrogens (tertiary/aromatic N) is 2. The smallest absolute Gasteiger partial charge is 0.251 e. The molecule has 106 valence electrons. The fourth-order valence-electron chi connectivity index (χ4n) is 2.10. The molecule has 21 heavy (non-hydrogen) atoms. The Labute approximate surface area is 126 Å². The van der Waals surface area contributed by atoms with E-state index in [0.717, 1.165) is 17.5 Å². The van der Waals surface area contributed by atoms with E-state index in [1.54, 1.807) is 18.2 Å². The second-order valence-electron chi connectivity index (χ2n) is 4.68.